The van der Waals surface area contributed by atoms with Gasteiger partial charge < -0.3 is 64.6 Å². The van der Waals surface area contributed by atoms with Gasteiger partial charge in [0.1, 0.15) is 29.5 Å². The number of carbonyl (C=O) groups excluding carboxylic acids is 1. The third-order valence-corrected chi connectivity index (χ3v) is 11.7. The monoisotopic (exact) mass is 720 g/mol. The summed E-state index contributed by atoms with van der Waals surface area (Å²) in [6.45, 7) is 17.8. The van der Waals surface area contributed by atoms with Crippen LogP contribution in [0.15, 0.2) is 0 Å². The van der Waals surface area contributed by atoms with Crippen LogP contribution in [0, 0.1) is 23.7 Å². The van der Waals surface area contributed by atoms with E-state index in [9.17, 15) is 30.3 Å². The van der Waals surface area contributed by atoms with Crippen molar-refractivity contribution in [1.29, 1.82) is 0 Å². The number of rotatable bonds is 6. The summed E-state index contributed by atoms with van der Waals surface area (Å²) in [5.74, 6) is -3.27. The number of hydrogen-bond acceptors (Lipinski definition) is 14. The van der Waals surface area contributed by atoms with Crippen molar-refractivity contribution in [2.45, 2.75) is 173 Å². The smallest absolute Gasteiger partial charge is 0.311 e. The Hall–Kier alpha value is -1.01. The molecular weight excluding hydrogens is 652 g/mol. The Labute approximate surface area is 298 Å². The molecule has 3 aliphatic heterocycles. The molecular formula is C36H68N2O12. The van der Waals surface area contributed by atoms with E-state index in [0.29, 0.717) is 13.0 Å². The fraction of sp³-hybridized carbons (Fsp3) is 0.972. The summed E-state index contributed by atoms with van der Waals surface area (Å²) in [6.07, 6.45) is -8.30. The lowest BCUT2D eigenvalue weighted by Gasteiger charge is -2.48. The molecule has 0 aliphatic carbocycles. The Kier molecular flexibility index (Phi) is 14.7. The Morgan fingerprint density at radius 3 is 2.16 bits per heavy atom. The minimum absolute atomic E-state index is 0.0109. The van der Waals surface area contributed by atoms with Crippen molar-refractivity contribution in [2.24, 2.45) is 29.4 Å². The third kappa shape index (κ3) is 9.37. The molecule has 0 spiro atoms. The van der Waals surface area contributed by atoms with Crippen LogP contribution in [-0.2, 0) is 33.2 Å². The molecule has 0 radical (unpaired) electrons. The summed E-state index contributed by atoms with van der Waals surface area (Å²) >= 11 is 0. The van der Waals surface area contributed by atoms with Crippen LogP contribution < -0.4 is 5.73 Å². The molecule has 3 fully saturated rings. The maximum atomic E-state index is 14.1. The van der Waals surface area contributed by atoms with E-state index in [1.54, 1.807) is 48.5 Å². The molecule has 0 aromatic heterocycles. The minimum Gasteiger partial charge on any atom is -0.459 e. The van der Waals surface area contributed by atoms with E-state index in [1.165, 1.54) is 14.0 Å². The van der Waals surface area contributed by atoms with Gasteiger partial charge in [0.15, 0.2) is 12.6 Å². The molecule has 0 aromatic rings. The topological polar surface area (TPSA) is 203 Å². The Morgan fingerprint density at radius 1 is 0.960 bits per heavy atom. The molecule has 14 nitrogen and oxygen atoms in total. The second kappa shape index (κ2) is 17.0. The fourth-order valence-electron chi connectivity index (χ4n) is 8.20. The first kappa shape index (κ1) is 43.4. The largest absolute Gasteiger partial charge is 0.459 e. The number of aliphatic hydroxyl groups excluding tert-OH is 3. The molecule has 0 saturated carbocycles. The van der Waals surface area contributed by atoms with Gasteiger partial charge in [-0.15, -0.1) is 0 Å². The second-order valence-corrected chi connectivity index (χ2v) is 16.4. The van der Waals surface area contributed by atoms with Crippen molar-refractivity contribution in [1.82, 2.24) is 4.90 Å². The zero-order valence-electron chi connectivity index (χ0n) is 32.3. The molecule has 0 aromatic carbocycles. The molecule has 3 aliphatic rings. The van der Waals surface area contributed by atoms with Crippen LogP contribution >= 0.6 is 0 Å². The van der Waals surface area contributed by atoms with Crippen LogP contribution in [0.1, 0.15) is 88.5 Å². The standard InChI is InChI=1S/C36H68N2O12/c1-13-25-36(10,44)29(41)23(7)38(11)16-18(2)15-34(8,43)30(50-33-26(39)24(37)14-19(3)47-33)20(4)27(21(5)31(42)48-25)49-32-22(6)28(40)35(9,45-12)17-46-32/h18-30,32-33,39-41,43-44H,13-17,37H2,1-12H3/t18?,19-,20+,21-,22+,23-,24+,25-,26-,27+,28+,29?,30-,32?,33?,34-,35-,36-/m1/s1. The van der Waals surface area contributed by atoms with Crippen LogP contribution in [-0.4, -0.2) is 148 Å². The highest BCUT2D eigenvalue weighted by molar-refractivity contribution is 5.73. The Morgan fingerprint density at radius 2 is 1.58 bits per heavy atom. The highest BCUT2D eigenvalue weighted by atomic mass is 16.7. The summed E-state index contributed by atoms with van der Waals surface area (Å²) in [6, 6.07) is -1.17. The Bertz CT molecular complexity index is 1100. The summed E-state index contributed by atoms with van der Waals surface area (Å²) in [5.41, 5.74) is 1.89. The first-order valence-electron chi connectivity index (χ1n) is 18.3. The average Bonchev–Trinajstić information content (AvgIpc) is 3.04. The van der Waals surface area contributed by atoms with Crippen molar-refractivity contribution in [3.8, 4) is 0 Å². The molecule has 0 bridgehead atoms. The first-order chi connectivity index (χ1) is 23.0. The summed E-state index contributed by atoms with van der Waals surface area (Å²) in [7, 11) is 3.32. The molecule has 18 atom stereocenters. The second-order valence-electron chi connectivity index (χ2n) is 16.4. The predicted octanol–water partition coefficient (Wildman–Crippen LogP) is 1.16. The first-order valence-corrected chi connectivity index (χ1v) is 18.3. The van der Waals surface area contributed by atoms with Gasteiger partial charge in [-0.05, 0) is 73.8 Å². The number of nitrogens with two attached hydrogens (primary N) is 1. The number of likely N-dealkylation sites (N-methyl/N-ethyl adjacent to an activating group) is 1. The van der Waals surface area contributed by atoms with Crippen LogP contribution in [0.4, 0.5) is 0 Å². The van der Waals surface area contributed by atoms with Gasteiger partial charge in [0.25, 0.3) is 0 Å². The van der Waals surface area contributed by atoms with Gasteiger partial charge in [-0.2, -0.15) is 0 Å². The van der Waals surface area contributed by atoms with E-state index in [-0.39, 0.29) is 31.5 Å². The molecule has 7 N–H and O–H groups in total. The lowest BCUT2D eigenvalue weighted by atomic mass is 9.77. The number of esters is 1. The molecule has 294 valence electrons. The number of methoxy groups -OCH3 is 1. The van der Waals surface area contributed by atoms with E-state index < -0.39 is 102 Å². The van der Waals surface area contributed by atoms with Gasteiger partial charge in [-0.25, -0.2) is 0 Å². The van der Waals surface area contributed by atoms with Gasteiger partial charge >= 0.3 is 5.97 Å². The maximum Gasteiger partial charge on any atom is 0.311 e. The van der Waals surface area contributed by atoms with Crippen molar-refractivity contribution >= 4 is 5.97 Å². The lowest BCUT2D eigenvalue weighted by Crippen LogP contribution is -2.61. The van der Waals surface area contributed by atoms with Gasteiger partial charge in [0, 0.05) is 37.6 Å². The van der Waals surface area contributed by atoms with E-state index in [1.807, 2.05) is 25.8 Å². The van der Waals surface area contributed by atoms with Crippen LogP contribution in [0.5, 0.6) is 0 Å². The minimum atomic E-state index is -1.81. The van der Waals surface area contributed by atoms with Crippen LogP contribution in [0.2, 0.25) is 0 Å². The zero-order chi connectivity index (χ0) is 38.1. The molecule has 50 heavy (non-hydrogen) atoms. The maximum absolute atomic E-state index is 14.1. The number of ether oxygens (including phenoxy) is 6. The predicted molar refractivity (Wildman–Crippen MR) is 185 cm³/mol. The highest BCUT2D eigenvalue weighted by Gasteiger charge is 2.52. The van der Waals surface area contributed by atoms with E-state index in [4.69, 9.17) is 34.2 Å². The SMILES string of the molecule is CC[C@H]1OC(=O)[C@H](C)[C@@H](OC2OC[C@@](C)(OC)[C@@H](O)[C@@H]2C)[C@H](C)[C@@H](OC2O[C@H](C)C[C@H](N)[C@H]2O)[C@](C)(O)CC(C)CN(C)[C@H](C)C(O)[C@]1(C)O. The molecule has 14 heteroatoms. The zero-order valence-corrected chi connectivity index (χ0v) is 32.3. The third-order valence-electron chi connectivity index (χ3n) is 11.7. The quantitative estimate of drug-likeness (QED) is 0.213. The highest BCUT2D eigenvalue weighted by Crippen LogP contribution is 2.39. The van der Waals surface area contributed by atoms with Gasteiger partial charge in [-0.1, -0.05) is 27.7 Å². The molecule has 3 heterocycles. The lowest BCUT2D eigenvalue weighted by molar-refractivity contribution is -0.317. The van der Waals surface area contributed by atoms with Gasteiger partial charge in [0.05, 0.1) is 42.5 Å². The molecule has 0 amide bonds. The summed E-state index contributed by atoms with van der Waals surface area (Å²) in [5, 5.41) is 57.8. The van der Waals surface area contributed by atoms with Gasteiger partial charge in [-0.3, -0.25) is 4.79 Å². The van der Waals surface area contributed by atoms with E-state index in [0.717, 1.165) is 0 Å². The van der Waals surface area contributed by atoms with Crippen molar-refractivity contribution in [2.75, 3.05) is 27.3 Å². The van der Waals surface area contributed by atoms with Crippen LogP contribution in [0.25, 0.3) is 0 Å². The Balaban J connectivity index is 2.15. The molecule has 3 rings (SSSR count). The fourth-order valence-corrected chi connectivity index (χ4v) is 8.20. The van der Waals surface area contributed by atoms with E-state index in [2.05, 4.69) is 0 Å². The molecule has 3 saturated heterocycles. The van der Waals surface area contributed by atoms with Gasteiger partial charge in [0.2, 0.25) is 0 Å². The summed E-state index contributed by atoms with van der Waals surface area (Å²) < 4.78 is 36.9. The number of hydrogen-bond donors (Lipinski definition) is 6. The van der Waals surface area contributed by atoms with Crippen molar-refractivity contribution < 1.29 is 58.7 Å². The number of aliphatic hydroxyl groups is 5. The number of carbonyl (C=O) groups is 1. The molecule has 4 unspecified atom stereocenters. The summed E-state index contributed by atoms with van der Waals surface area (Å²) in [4.78, 5) is 16.0. The normalized spacial score (nSPS) is 51.0. The number of nitrogens with zero attached hydrogens (tertiary/aromatic N) is 1. The van der Waals surface area contributed by atoms with E-state index >= 15 is 0 Å². The average molecular weight is 721 g/mol. The van der Waals surface area contributed by atoms with Crippen LogP contribution in [0.3, 0.4) is 0 Å². The van der Waals surface area contributed by atoms with Crippen molar-refractivity contribution in [3.63, 3.8) is 0 Å². The van der Waals surface area contributed by atoms with Crippen molar-refractivity contribution in [3.05, 3.63) is 0 Å². The number of cyclic esters (lactones) is 1.